The van der Waals surface area contributed by atoms with E-state index in [4.69, 9.17) is 0 Å². The first-order chi connectivity index (χ1) is 14.6. The van der Waals surface area contributed by atoms with E-state index in [9.17, 15) is 22.4 Å². The third-order valence-electron chi connectivity index (χ3n) is 5.31. The predicted octanol–water partition coefficient (Wildman–Crippen LogP) is 5.92. The predicted molar refractivity (Wildman–Crippen MR) is 110 cm³/mol. The normalized spacial score (nSPS) is 14.1. The second-order valence-electron chi connectivity index (χ2n) is 7.52. The van der Waals surface area contributed by atoms with Gasteiger partial charge in [-0.3, -0.25) is 14.7 Å². The summed E-state index contributed by atoms with van der Waals surface area (Å²) in [6.45, 7) is 5.23. The lowest BCUT2D eigenvalue weighted by atomic mass is 10.0. The van der Waals surface area contributed by atoms with Crippen molar-refractivity contribution in [3.8, 4) is 0 Å². The molecule has 31 heavy (non-hydrogen) atoms. The molecule has 0 atom stereocenters. The number of hydrogen-bond acceptors (Lipinski definition) is 3. The molecule has 0 N–H and O–H groups in total. The second kappa shape index (κ2) is 7.37. The first kappa shape index (κ1) is 20.8. The molecule has 0 radical (unpaired) electrons. The van der Waals surface area contributed by atoms with Crippen LogP contribution in [-0.2, 0) is 6.18 Å². The third kappa shape index (κ3) is 3.73. The number of amides is 1. The van der Waals surface area contributed by atoms with Gasteiger partial charge in [0.05, 0.1) is 28.2 Å². The van der Waals surface area contributed by atoms with E-state index in [1.807, 2.05) is 6.92 Å². The molecule has 160 valence electrons. The SMILES string of the molecule is Cc1ccc(N2CN(c3ccc(F)cc3C)c3cc(C(F)(F)F)ccc3C2=O)c(C)n1. The Bertz CT molecular complexity index is 1190. The van der Waals surface area contributed by atoms with Gasteiger partial charge in [-0.15, -0.1) is 0 Å². The summed E-state index contributed by atoms with van der Waals surface area (Å²) in [7, 11) is 0. The van der Waals surface area contributed by atoms with E-state index in [-0.39, 0.29) is 17.9 Å². The minimum atomic E-state index is -4.56. The standard InChI is InChI=1S/C23H19F4N3O/c1-13-10-17(24)6-9-19(13)29-12-30(20-8-4-14(2)28-15(20)3)22(31)18-7-5-16(11-21(18)29)23(25,26)27/h4-11H,12H2,1-3H3. The van der Waals surface area contributed by atoms with Crippen molar-refractivity contribution in [3.63, 3.8) is 0 Å². The topological polar surface area (TPSA) is 36.4 Å². The lowest BCUT2D eigenvalue weighted by molar-refractivity contribution is -0.137. The molecule has 0 saturated heterocycles. The Hall–Kier alpha value is -3.42. The summed E-state index contributed by atoms with van der Waals surface area (Å²) in [5.41, 5.74) is 2.42. The van der Waals surface area contributed by atoms with Crippen molar-refractivity contribution < 1.29 is 22.4 Å². The van der Waals surface area contributed by atoms with E-state index in [0.717, 1.165) is 17.8 Å². The molecule has 3 aromatic rings. The van der Waals surface area contributed by atoms with E-state index < -0.39 is 23.5 Å². The number of carbonyl (C=O) groups is 1. The van der Waals surface area contributed by atoms with Gasteiger partial charge in [-0.2, -0.15) is 13.2 Å². The first-order valence-electron chi connectivity index (χ1n) is 9.57. The minimum Gasteiger partial charge on any atom is -0.322 e. The number of alkyl halides is 3. The Kier molecular flexibility index (Phi) is 4.95. The minimum absolute atomic E-state index is 0.0365. The zero-order chi connectivity index (χ0) is 22.5. The Balaban J connectivity index is 1.92. The van der Waals surface area contributed by atoms with E-state index in [1.54, 1.807) is 30.9 Å². The van der Waals surface area contributed by atoms with Gasteiger partial charge in [0.15, 0.2) is 0 Å². The number of nitrogens with zero attached hydrogens (tertiary/aromatic N) is 3. The van der Waals surface area contributed by atoms with Crippen molar-refractivity contribution in [2.75, 3.05) is 16.5 Å². The molecule has 0 aliphatic carbocycles. The van der Waals surface area contributed by atoms with E-state index in [0.29, 0.717) is 22.6 Å². The zero-order valence-electron chi connectivity index (χ0n) is 17.1. The summed E-state index contributed by atoms with van der Waals surface area (Å²) >= 11 is 0. The van der Waals surface area contributed by atoms with Gasteiger partial charge in [0.25, 0.3) is 5.91 Å². The largest absolute Gasteiger partial charge is 0.416 e. The van der Waals surface area contributed by atoms with Gasteiger partial charge >= 0.3 is 6.18 Å². The maximum Gasteiger partial charge on any atom is 0.416 e. The number of aromatic nitrogens is 1. The highest BCUT2D eigenvalue weighted by Gasteiger charge is 2.37. The number of anilines is 3. The fourth-order valence-corrected chi connectivity index (χ4v) is 3.82. The van der Waals surface area contributed by atoms with Gasteiger partial charge in [0, 0.05) is 11.4 Å². The van der Waals surface area contributed by atoms with Crippen LogP contribution >= 0.6 is 0 Å². The fourth-order valence-electron chi connectivity index (χ4n) is 3.82. The summed E-state index contributed by atoms with van der Waals surface area (Å²) in [4.78, 5) is 20.7. The zero-order valence-corrected chi connectivity index (χ0v) is 17.1. The van der Waals surface area contributed by atoms with Crippen LogP contribution in [0.15, 0.2) is 48.5 Å². The van der Waals surface area contributed by atoms with Gasteiger partial charge in [-0.1, -0.05) is 0 Å². The summed E-state index contributed by atoms with van der Waals surface area (Å²) in [6, 6.07) is 10.6. The Morgan fingerprint density at radius 2 is 1.58 bits per heavy atom. The van der Waals surface area contributed by atoms with Crippen LogP contribution in [0.1, 0.15) is 32.9 Å². The number of pyridine rings is 1. The number of rotatable bonds is 2. The van der Waals surface area contributed by atoms with Crippen LogP contribution in [0.2, 0.25) is 0 Å². The lowest BCUT2D eigenvalue weighted by Crippen LogP contribution is -2.45. The summed E-state index contributed by atoms with van der Waals surface area (Å²) in [5, 5.41) is 0. The highest BCUT2D eigenvalue weighted by Crippen LogP contribution is 2.41. The van der Waals surface area contributed by atoms with Crippen molar-refractivity contribution in [1.82, 2.24) is 4.98 Å². The average Bonchev–Trinajstić information content (AvgIpc) is 2.68. The van der Waals surface area contributed by atoms with Gasteiger partial charge in [0.2, 0.25) is 0 Å². The highest BCUT2D eigenvalue weighted by atomic mass is 19.4. The van der Waals surface area contributed by atoms with E-state index in [2.05, 4.69) is 4.98 Å². The smallest absolute Gasteiger partial charge is 0.322 e. The molecule has 0 fully saturated rings. The molecule has 2 heterocycles. The molecule has 4 rings (SSSR count). The van der Waals surface area contributed by atoms with Gasteiger partial charge in [-0.05, 0) is 74.9 Å². The molecular weight excluding hydrogens is 410 g/mol. The second-order valence-corrected chi connectivity index (χ2v) is 7.52. The molecule has 8 heteroatoms. The lowest BCUT2D eigenvalue weighted by Gasteiger charge is -2.39. The number of hydrogen-bond donors (Lipinski definition) is 0. The number of halogens is 4. The van der Waals surface area contributed by atoms with Gasteiger partial charge < -0.3 is 4.90 Å². The molecular formula is C23H19F4N3O. The van der Waals surface area contributed by atoms with Crippen LogP contribution in [0.5, 0.6) is 0 Å². The van der Waals surface area contributed by atoms with Crippen molar-refractivity contribution in [3.05, 3.63) is 82.4 Å². The Labute approximate surface area is 176 Å². The van der Waals surface area contributed by atoms with Gasteiger partial charge in [-0.25, -0.2) is 4.39 Å². The quantitative estimate of drug-likeness (QED) is 0.475. The fraction of sp³-hybridized carbons (Fsp3) is 0.217. The van der Waals surface area contributed by atoms with E-state index >= 15 is 0 Å². The molecule has 4 nitrogen and oxygen atoms in total. The molecule has 0 bridgehead atoms. The molecule has 1 aliphatic rings. The molecule has 1 amide bonds. The van der Waals surface area contributed by atoms with Crippen LogP contribution in [0.25, 0.3) is 0 Å². The summed E-state index contributed by atoms with van der Waals surface area (Å²) in [5.74, 6) is -0.873. The number of carbonyl (C=O) groups excluding carboxylic acids is 1. The van der Waals surface area contributed by atoms with Crippen molar-refractivity contribution in [1.29, 1.82) is 0 Å². The van der Waals surface area contributed by atoms with Crippen LogP contribution in [-0.4, -0.2) is 17.6 Å². The van der Waals surface area contributed by atoms with Crippen LogP contribution in [0, 0.1) is 26.6 Å². The maximum absolute atomic E-state index is 13.7. The number of benzene rings is 2. The first-order valence-corrected chi connectivity index (χ1v) is 9.57. The number of fused-ring (bicyclic) bond motifs is 1. The van der Waals surface area contributed by atoms with Crippen LogP contribution in [0.4, 0.5) is 34.6 Å². The maximum atomic E-state index is 13.7. The monoisotopic (exact) mass is 429 g/mol. The molecule has 1 aliphatic heterocycles. The highest BCUT2D eigenvalue weighted by molar-refractivity contribution is 6.12. The van der Waals surface area contributed by atoms with Crippen molar-refractivity contribution in [2.45, 2.75) is 26.9 Å². The molecule has 0 unspecified atom stereocenters. The Morgan fingerprint density at radius 3 is 2.23 bits per heavy atom. The average molecular weight is 429 g/mol. The molecule has 0 spiro atoms. The van der Waals surface area contributed by atoms with E-state index in [1.165, 1.54) is 29.2 Å². The summed E-state index contributed by atoms with van der Waals surface area (Å²) < 4.78 is 53.8. The van der Waals surface area contributed by atoms with Crippen molar-refractivity contribution >= 4 is 23.0 Å². The molecule has 1 aromatic heterocycles. The van der Waals surface area contributed by atoms with Crippen LogP contribution in [0.3, 0.4) is 0 Å². The van der Waals surface area contributed by atoms with Crippen molar-refractivity contribution in [2.24, 2.45) is 0 Å². The molecule has 2 aromatic carbocycles. The molecule has 0 saturated carbocycles. The van der Waals surface area contributed by atoms with Crippen LogP contribution < -0.4 is 9.80 Å². The number of aryl methyl sites for hydroxylation is 3. The Morgan fingerprint density at radius 1 is 0.871 bits per heavy atom. The summed E-state index contributed by atoms with van der Waals surface area (Å²) in [6.07, 6.45) is -4.56. The third-order valence-corrected chi connectivity index (χ3v) is 5.31. The van der Waals surface area contributed by atoms with Gasteiger partial charge in [0.1, 0.15) is 12.5 Å².